The summed E-state index contributed by atoms with van der Waals surface area (Å²) < 4.78 is 1.85. The third-order valence-electron chi connectivity index (χ3n) is 2.16. The Morgan fingerprint density at radius 3 is 2.88 bits per heavy atom. The molecule has 0 amide bonds. The van der Waals surface area contributed by atoms with Gasteiger partial charge in [-0.2, -0.15) is 0 Å². The smallest absolute Gasteiger partial charge is 0.354 e. The second kappa shape index (κ2) is 4.09. The quantitative estimate of drug-likeness (QED) is 0.821. The molecule has 0 bridgehead atoms. The number of hydrogen-bond acceptors (Lipinski definition) is 4. The molecule has 0 saturated heterocycles. The second-order valence-corrected chi connectivity index (χ2v) is 3.27. The number of imidazole rings is 1. The van der Waals surface area contributed by atoms with Crippen LogP contribution in [0.5, 0.6) is 0 Å². The molecule has 16 heavy (non-hydrogen) atoms. The van der Waals surface area contributed by atoms with Crippen LogP contribution in [0.15, 0.2) is 24.7 Å². The van der Waals surface area contributed by atoms with Crippen molar-refractivity contribution in [3.8, 4) is 0 Å². The van der Waals surface area contributed by atoms with E-state index in [1.165, 1.54) is 12.3 Å². The maximum Gasteiger partial charge on any atom is 0.354 e. The standard InChI is InChI=1S/C10H10N4O2/c1-7-11-4-5-14(7)6-9-12-3-2-8(13-9)10(15)16/h2-5H,6H2,1H3,(H,15,16). The van der Waals surface area contributed by atoms with E-state index in [-0.39, 0.29) is 5.69 Å². The van der Waals surface area contributed by atoms with Crippen molar-refractivity contribution in [1.82, 2.24) is 19.5 Å². The highest BCUT2D eigenvalue weighted by Gasteiger charge is 2.07. The minimum absolute atomic E-state index is 0.00256. The van der Waals surface area contributed by atoms with Crippen LogP contribution in [0.3, 0.4) is 0 Å². The van der Waals surface area contributed by atoms with Crippen LogP contribution in [-0.4, -0.2) is 30.6 Å². The van der Waals surface area contributed by atoms with Crippen molar-refractivity contribution in [3.63, 3.8) is 0 Å². The molecule has 0 aromatic carbocycles. The Balaban J connectivity index is 2.25. The number of nitrogens with zero attached hydrogens (tertiary/aromatic N) is 4. The van der Waals surface area contributed by atoms with Gasteiger partial charge in [0.1, 0.15) is 11.6 Å². The highest BCUT2D eigenvalue weighted by molar-refractivity contribution is 5.85. The zero-order valence-corrected chi connectivity index (χ0v) is 8.66. The fraction of sp³-hybridized carbons (Fsp3) is 0.200. The fourth-order valence-corrected chi connectivity index (χ4v) is 1.32. The molecular weight excluding hydrogens is 208 g/mol. The summed E-state index contributed by atoms with van der Waals surface area (Å²) in [4.78, 5) is 22.7. The summed E-state index contributed by atoms with van der Waals surface area (Å²) in [5.41, 5.74) is 0.00256. The van der Waals surface area contributed by atoms with Gasteiger partial charge in [-0.1, -0.05) is 0 Å². The topological polar surface area (TPSA) is 80.9 Å². The molecule has 2 heterocycles. The summed E-state index contributed by atoms with van der Waals surface area (Å²) in [5, 5.41) is 8.78. The first-order valence-electron chi connectivity index (χ1n) is 4.70. The molecular formula is C10H10N4O2. The Bertz CT molecular complexity index is 521. The van der Waals surface area contributed by atoms with Gasteiger partial charge in [-0.3, -0.25) is 0 Å². The van der Waals surface area contributed by atoms with Crippen LogP contribution in [0.25, 0.3) is 0 Å². The molecule has 0 aliphatic carbocycles. The molecule has 2 rings (SSSR count). The number of carbonyl (C=O) groups is 1. The van der Waals surface area contributed by atoms with E-state index in [9.17, 15) is 4.79 Å². The summed E-state index contributed by atoms with van der Waals surface area (Å²) >= 11 is 0. The molecule has 6 heteroatoms. The Kier molecular flexibility index (Phi) is 2.63. The number of hydrogen-bond donors (Lipinski definition) is 1. The number of carboxylic acid groups (broad SMARTS) is 1. The predicted octanol–water partition coefficient (Wildman–Crippen LogP) is 0.728. The van der Waals surface area contributed by atoms with E-state index in [1.54, 1.807) is 12.4 Å². The molecule has 0 radical (unpaired) electrons. The molecule has 0 aliphatic heterocycles. The molecule has 82 valence electrons. The third-order valence-corrected chi connectivity index (χ3v) is 2.16. The first-order valence-corrected chi connectivity index (χ1v) is 4.70. The van der Waals surface area contributed by atoms with Crippen LogP contribution in [0.1, 0.15) is 22.1 Å². The van der Waals surface area contributed by atoms with Gasteiger partial charge in [0.25, 0.3) is 0 Å². The van der Waals surface area contributed by atoms with Gasteiger partial charge in [0.05, 0.1) is 6.54 Å². The zero-order chi connectivity index (χ0) is 11.5. The average molecular weight is 218 g/mol. The number of aromatic carboxylic acids is 1. The van der Waals surface area contributed by atoms with Crippen molar-refractivity contribution >= 4 is 5.97 Å². The third kappa shape index (κ3) is 2.05. The van der Waals surface area contributed by atoms with Gasteiger partial charge in [-0.25, -0.2) is 19.7 Å². The van der Waals surface area contributed by atoms with Crippen molar-refractivity contribution in [2.45, 2.75) is 13.5 Å². The Morgan fingerprint density at radius 2 is 2.25 bits per heavy atom. The second-order valence-electron chi connectivity index (χ2n) is 3.27. The van der Waals surface area contributed by atoms with Crippen LogP contribution in [0, 0.1) is 6.92 Å². The maximum atomic E-state index is 10.7. The predicted molar refractivity (Wildman–Crippen MR) is 55.1 cm³/mol. The van der Waals surface area contributed by atoms with E-state index < -0.39 is 5.97 Å². The number of aromatic nitrogens is 4. The molecule has 0 aliphatic rings. The molecule has 0 saturated carbocycles. The minimum atomic E-state index is -1.05. The summed E-state index contributed by atoms with van der Waals surface area (Å²) in [5.74, 6) is 0.247. The van der Waals surface area contributed by atoms with E-state index in [1.807, 2.05) is 11.5 Å². The molecule has 0 spiro atoms. The summed E-state index contributed by atoms with van der Waals surface area (Å²) in [7, 11) is 0. The van der Waals surface area contributed by atoms with E-state index in [0.717, 1.165) is 5.82 Å². The van der Waals surface area contributed by atoms with Crippen LogP contribution in [-0.2, 0) is 6.54 Å². The molecule has 0 unspecified atom stereocenters. The van der Waals surface area contributed by atoms with Gasteiger partial charge < -0.3 is 9.67 Å². The maximum absolute atomic E-state index is 10.7. The van der Waals surface area contributed by atoms with Crippen molar-refractivity contribution in [2.24, 2.45) is 0 Å². The first kappa shape index (κ1) is 10.3. The van der Waals surface area contributed by atoms with Gasteiger partial charge in [0, 0.05) is 18.6 Å². The molecule has 2 aromatic rings. The zero-order valence-electron chi connectivity index (χ0n) is 8.66. The van der Waals surface area contributed by atoms with E-state index >= 15 is 0 Å². The minimum Gasteiger partial charge on any atom is -0.477 e. The van der Waals surface area contributed by atoms with Crippen molar-refractivity contribution in [2.75, 3.05) is 0 Å². The molecule has 0 fully saturated rings. The van der Waals surface area contributed by atoms with E-state index in [2.05, 4.69) is 15.0 Å². The van der Waals surface area contributed by atoms with Crippen molar-refractivity contribution in [3.05, 3.63) is 42.0 Å². The SMILES string of the molecule is Cc1nccn1Cc1nccc(C(=O)O)n1. The Morgan fingerprint density at radius 1 is 1.44 bits per heavy atom. The first-order chi connectivity index (χ1) is 7.66. The highest BCUT2D eigenvalue weighted by Crippen LogP contribution is 2.01. The molecule has 6 nitrogen and oxygen atoms in total. The summed E-state index contributed by atoms with van der Waals surface area (Å²) in [6.07, 6.45) is 4.92. The number of carboxylic acids is 1. The molecule has 0 atom stereocenters. The lowest BCUT2D eigenvalue weighted by molar-refractivity contribution is 0.0690. The number of rotatable bonds is 3. The monoisotopic (exact) mass is 218 g/mol. The Hall–Kier alpha value is -2.24. The van der Waals surface area contributed by atoms with Gasteiger partial charge in [0.15, 0.2) is 5.69 Å². The summed E-state index contributed by atoms with van der Waals surface area (Å²) in [6, 6.07) is 1.37. The van der Waals surface area contributed by atoms with E-state index in [0.29, 0.717) is 12.4 Å². The fourth-order valence-electron chi connectivity index (χ4n) is 1.32. The van der Waals surface area contributed by atoms with Crippen LogP contribution < -0.4 is 0 Å². The van der Waals surface area contributed by atoms with Crippen molar-refractivity contribution < 1.29 is 9.90 Å². The lowest BCUT2D eigenvalue weighted by atomic mass is 10.4. The normalized spacial score (nSPS) is 10.3. The summed E-state index contributed by atoms with van der Waals surface area (Å²) in [6.45, 7) is 2.29. The average Bonchev–Trinajstić information content (AvgIpc) is 2.65. The van der Waals surface area contributed by atoms with Gasteiger partial charge in [0.2, 0.25) is 0 Å². The lowest BCUT2D eigenvalue weighted by Gasteiger charge is -2.03. The van der Waals surface area contributed by atoms with E-state index in [4.69, 9.17) is 5.11 Å². The molecule has 2 aromatic heterocycles. The van der Waals surface area contributed by atoms with Crippen LogP contribution in [0.2, 0.25) is 0 Å². The van der Waals surface area contributed by atoms with Crippen molar-refractivity contribution in [1.29, 1.82) is 0 Å². The largest absolute Gasteiger partial charge is 0.477 e. The Labute approximate surface area is 91.6 Å². The van der Waals surface area contributed by atoms with Gasteiger partial charge >= 0.3 is 5.97 Å². The highest BCUT2D eigenvalue weighted by atomic mass is 16.4. The number of aryl methyl sites for hydroxylation is 1. The van der Waals surface area contributed by atoms with Gasteiger partial charge in [-0.15, -0.1) is 0 Å². The molecule has 1 N–H and O–H groups in total. The van der Waals surface area contributed by atoms with Crippen LogP contribution >= 0.6 is 0 Å². The van der Waals surface area contributed by atoms with Crippen LogP contribution in [0.4, 0.5) is 0 Å². The lowest BCUT2D eigenvalue weighted by Crippen LogP contribution is -2.09. The van der Waals surface area contributed by atoms with Gasteiger partial charge in [-0.05, 0) is 13.0 Å².